The molecule has 4 aromatic rings. The highest BCUT2D eigenvalue weighted by atomic mass is 19.4. The third-order valence-electron chi connectivity index (χ3n) is 6.58. The number of methoxy groups -OCH3 is 1. The summed E-state index contributed by atoms with van der Waals surface area (Å²) < 4.78 is 57.8. The third kappa shape index (κ3) is 6.12. The van der Waals surface area contributed by atoms with E-state index in [0.717, 1.165) is 23.4 Å². The average Bonchev–Trinajstić information content (AvgIpc) is 2.92. The zero-order valence-electron chi connectivity index (χ0n) is 22.3. The van der Waals surface area contributed by atoms with E-state index < -0.39 is 28.9 Å². The Bertz CT molecular complexity index is 1630. The van der Waals surface area contributed by atoms with Crippen LogP contribution in [0.1, 0.15) is 45.8 Å². The van der Waals surface area contributed by atoms with E-state index >= 15 is 0 Å². The van der Waals surface area contributed by atoms with Gasteiger partial charge in [-0.25, -0.2) is 4.79 Å². The van der Waals surface area contributed by atoms with Gasteiger partial charge in [0.15, 0.2) is 5.43 Å². The molecular weight excluding hydrogens is 527 g/mol. The number of hydrogen-bond acceptors (Lipinski definition) is 6. The molecule has 7 nitrogen and oxygen atoms in total. The predicted octanol–water partition coefficient (Wildman–Crippen LogP) is 6.53. The van der Waals surface area contributed by atoms with Crippen LogP contribution < -0.4 is 20.2 Å². The van der Waals surface area contributed by atoms with Crippen LogP contribution in [0.4, 0.5) is 13.2 Å². The maximum Gasteiger partial charge on any atom is 0.416 e. The molecule has 0 aliphatic rings. The van der Waals surface area contributed by atoms with Crippen LogP contribution in [0.15, 0.2) is 63.8 Å². The average molecular weight is 556 g/mol. The van der Waals surface area contributed by atoms with Crippen LogP contribution in [0.5, 0.6) is 11.5 Å². The molecule has 1 atom stereocenters. The highest BCUT2D eigenvalue weighted by Crippen LogP contribution is 2.37. The van der Waals surface area contributed by atoms with Crippen molar-refractivity contribution in [3.63, 3.8) is 0 Å². The van der Waals surface area contributed by atoms with Crippen LogP contribution >= 0.6 is 0 Å². The molecular formula is C30H28F3NO6. The fraction of sp³-hybridized carbons (Fsp3) is 0.267. The van der Waals surface area contributed by atoms with Crippen molar-refractivity contribution in [1.29, 1.82) is 0 Å². The molecule has 3 aromatic carbocycles. The Labute approximate surface area is 228 Å². The van der Waals surface area contributed by atoms with E-state index in [1.807, 2.05) is 31.2 Å². The molecule has 10 heteroatoms. The standard InChI is InChI=1S/C30H28F3NO6/c1-16-10-20(14-25-26(35)17(2)28(29(36)37)40-27(16)25)21-11-22(30(31,32)33)15-24(13-21)39-9-8-34-18(3)19-6-5-7-23(12-19)38-4/h5-7,10-15,18,34H,8-9H2,1-4H3,(H,36,37). The number of carboxylic acid groups (broad SMARTS) is 1. The molecule has 40 heavy (non-hydrogen) atoms. The number of nitrogens with one attached hydrogen (secondary N) is 1. The topological polar surface area (TPSA) is 98.0 Å². The number of aromatic carboxylic acids is 1. The van der Waals surface area contributed by atoms with E-state index in [-0.39, 0.29) is 40.5 Å². The summed E-state index contributed by atoms with van der Waals surface area (Å²) in [5.41, 5.74) is 0.414. The summed E-state index contributed by atoms with van der Waals surface area (Å²) in [5.74, 6) is -1.12. The number of carbonyl (C=O) groups is 1. The van der Waals surface area contributed by atoms with Gasteiger partial charge in [-0.05, 0) is 85.5 Å². The number of halogens is 3. The zero-order valence-corrected chi connectivity index (χ0v) is 22.3. The van der Waals surface area contributed by atoms with Crippen molar-refractivity contribution in [1.82, 2.24) is 5.32 Å². The summed E-state index contributed by atoms with van der Waals surface area (Å²) in [6.45, 7) is 5.35. The van der Waals surface area contributed by atoms with Gasteiger partial charge in [0.25, 0.3) is 0 Å². The second-order valence-corrected chi connectivity index (χ2v) is 9.41. The smallest absolute Gasteiger partial charge is 0.416 e. The summed E-state index contributed by atoms with van der Waals surface area (Å²) in [6.07, 6.45) is -4.63. The number of alkyl halides is 3. The van der Waals surface area contributed by atoms with Gasteiger partial charge in [-0.15, -0.1) is 0 Å². The first-order chi connectivity index (χ1) is 18.9. The largest absolute Gasteiger partial charge is 0.497 e. The van der Waals surface area contributed by atoms with Crippen molar-refractivity contribution in [3.8, 4) is 22.6 Å². The molecule has 0 aliphatic carbocycles. The van der Waals surface area contributed by atoms with Crippen LogP contribution in [0.3, 0.4) is 0 Å². The lowest BCUT2D eigenvalue weighted by atomic mass is 9.97. The SMILES string of the molecule is COc1cccc(C(C)NCCOc2cc(-c3cc(C)c4oc(C(=O)O)c(C)c(=O)c4c3)cc(C(F)(F)F)c2)c1. The van der Waals surface area contributed by atoms with Gasteiger partial charge in [-0.3, -0.25) is 4.79 Å². The number of fused-ring (bicyclic) bond motifs is 1. The van der Waals surface area contributed by atoms with Crippen LogP contribution in [0.2, 0.25) is 0 Å². The second kappa shape index (κ2) is 11.4. The van der Waals surface area contributed by atoms with Gasteiger partial charge in [-0.2, -0.15) is 13.2 Å². The molecule has 0 fully saturated rings. The zero-order chi connectivity index (χ0) is 29.2. The number of carboxylic acids is 1. The molecule has 0 aliphatic heterocycles. The van der Waals surface area contributed by atoms with Gasteiger partial charge in [0.2, 0.25) is 5.76 Å². The van der Waals surface area contributed by atoms with Gasteiger partial charge in [-0.1, -0.05) is 12.1 Å². The molecule has 0 bridgehead atoms. The summed E-state index contributed by atoms with van der Waals surface area (Å²) in [5, 5.41) is 12.7. The molecule has 0 amide bonds. The van der Waals surface area contributed by atoms with Crippen LogP contribution in [0, 0.1) is 13.8 Å². The lowest BCUT2D eigenvalue weighted by Crippen LogP contribution is -2.24. The van der Waals surface area contributed by atoms with Crippen molar-refractivity contribution in [2.24, 2.45) is 0 Å². The molecule has 1 heterocycles. The minimum absolute atomic E-state index is 0.0165. The lowest BCUT2D eigenvalue weighted by molar-refractivity contribution is -0.137. The number of rotatable bonds is 9. The maximum absolute atomic E-state index is 13.8. The lowest BCUT2D eigenvalue weighted by Gasteiger charge is -2.17. The Hall–Kier alpha value is -4.31. The van der Waals surface area contributed by atoms with Crippen molar-refractivity contribution in [2.75, 3.05) is 20.3 Å². The summed E-state index contributed by atoms with van der Waals surface area (Å²) >= 11 is 0. The van der Waals surface area contributed by atoms with Crippen LogP contribution in [-0.2, 0) is 6.18 Å². The molecule has 0 saturated heterocycles. The fourth-order valence-electron chi connectivity index (χ4n) is 4.42. The molecule has 4 rings (SSSR count). The number of benzene rings is 3. The Morgan fingerprint density at radius 1 is 1.05 bits per heavy atom. The predicted molar refractivity (Wildman–Crippen MR) is 144 cm³/mol. The monoisotopic (exact) mass is 555 g/mol. The quantitative estimate of drug-likeness (QED) is 0.227. The normalized spacial score (nSPS) is 12.4. The minimum atomic E-state index is -4.63. The van der Waals surface area contributed by atoms with E-state index in [1.165, 1.54) is 19.1 Å². The number of hydrogen-bond donors (Lipinski definition) is 2. The summed E-state index contributed by atoms with van der Waals surface area (Å²) in [7, 11) is 1.58. The van der Waals surface area contributed by atoms with Gasteiger partial charge >= 0.3 is 12.1 Å². The maximum atomic E-state index is 13.8. The van der Waals surface area contributed by atoms with Crippen LogP contribution in [-0.4, -0.2) is 31.3 Å². The second-order valence-electron chi connectivity index (χ2n) is 9.41. The highest BCUT2D eigenvalue weighted by molar-refractivity contribution is 5.92. The summed E-state index contributed by atoms with van der Waals surface area (Å²) in [6, 6.07) is 13.8. The molecule has 2 N–H and O–H groups in total. The Balaban J connectivity index is 1.61. The van der Waals surface area contributed by atoms with Crippen molar-refractivity contribution in [2.45, 2.75) is 33.0 Å². The van der Waals surface area contributed by atoms with Gasteiger partial charge in [0.1, 0.15) is 23.7 Å². The van der Waals surface area contributed by atoms with Crippen molar-refractivity contribution >= 4 is 16.9 Å². The van der Waals surface area contributed by atoms with Gasteiger partial charge in [0.05, 0.1) is 18.1 Å². The Morgan fingerprint density at radius 2 is 1.77 bits per heavy atom. The number of aryl methyl sites for hydroxylation is 1. The number of ether oxygens (including phenoxy) is 2. The molecule has 0 spiro atoms. The Kier molecular flexibility index (Phi) is 8.20. The van der Waals surface area contributed by atoms with Crippen molar-refractivity contribution in [3.05, 3.63) is 92.8 Å². The molecule has 1 aromatic heterocycles. The first-order valence-electron chi connectivity index (χ1n) is 12.4. The third-order valence-corrected chi connectivity index (χ3v) is 6.58. The van der Waals surface area contributed by atoms with E-state index in [4.69, 9.17) is 13.9 Å². The minimum Gasteiger partial charge on any atom is -0.497 e. The molecule has 0 radical (unpaired) electrons. The molecule has 1 unspecified atom stereocenters. The summed E-state index contributed by atoms with van der Waals surface area (Å²) in [4.78, 5) is 24.4. The van der Waals surface area contributed by atoms with E-state index in [1.54, 1.807) is 20.1 Å². The van der Waals surface area contributed by atoms with Gasteiger partial charge < -0.3 is 24.3 Å². The van der Waals surface area contributed by atoms with E-state index in [0.29, 0.717) is 17.7 Å². The molecule has 210 valence electrons. The first kappa shape index (κ1) is 28.7. The van der Waals surface area contributed by atoms with E-state index in [2.05, 4.69) is 5.32 Å². The molecule has 0 saturated carbocycles. The first-order valence-corrected chi connectivity index (χ1v) is 12.4. The van der Waals surface area contributed by atoms with Crippen LogP contribution in [0.25, 0.3) is 22.1 Å². The van der Waals surface area contributed by atoms with E-state index in [9.17, 15) is 27.9 Å². The fourth-order valence-corrected chi connectivity index (χ4v) is 4.42. The van der Waals surface area contributed by atoms with Crippen molar-refractivity contribution < 1.29 is 37.0 Å². The van der Waals surface area contributed by atoms with Gasteiger partial charge in [0, 0.05) is 18.2 Å². The highest BCUT2D eigenvalue weighted by Gasteiger charge is 2.32. The Morgan fingerprint density at radius 3 is 2.45 bits per heavy atom.